The highest BCUT2D eigenvalue weighted by Crippen LogP contribution is 2.34. The molecule has 0 amide bonds. The van der Waals surface area contributed by atoms with Crippen molar-refractivity contribution in [3.8, 4) is 0 Å². The van der Waals surface area contributed by atoms with Gasteiger partial charge in [-0.3, -0.25) is 24.0 Å². The van der Waals surface area contributed by atoms with Gasteiger partial charge in [0.1, 0.15) is 11.4 Å². The maximum atomic E-state index is 13.0. The molecule has 2 aromatic rings. The number of alkyl halides is 6. The maximum absolute atomic E-state index is 13.0. The molecule has 0 aliphatic carbocycles. The van der Waals surface area contributed by atoms with E-state index in [0.717, 1.165) is 44.2 Å². The average molecular weight is 560 g/mol. The first-order chi connectivity index (χ1) is 17.7. The molecule has 0 aliphatic heterocycles. The minimum atomic E-state index is -4.78. The Morgan fingerprint density at radius 3 is 1.51 bits per heavy atom. The lowest BCUT2D eigenvalue weighted by molar-refractivity contribution is -0.159. The zero-order valence-corrected chi connectivity index (χ0v) is 21.6. The summed E-state index contributed by atoms with van der Waals surface area (Å²) in [6, 6.07) is 8.45. The summed E-state index contributed by atoms with van der Waals surface area (Å²) in [7, 11) is 0. The van der Waals surface area contributed by atoms with Crippen molar-refractivity contribution in [2.45, 2.75) is 59.0 Å². The normalized spacial score (nSPS) is 12.5. The first-order valence-corrected chi connectivity index (χ1v) is 11.3. The van der Waals surface area contributed by atoms with Crippen LogP contribution in [0.3, 0.4) is 0 Å². The molecule has 0 saturated heterocycles. The van der Waals surface area contributed by atoms with E-state index in [1.165, 1.54) is 39.0 Å². The molecule has 2 aromatic carbocycles. The number of Topliss-reactive ketones (excluding diaryl/α,β-unsaturated/α-hetero) is 4. The Hall–Kier alpha value is -3.83. The van der Waals surface area contributed by atoms with Crippen molar-refractivity contribution >= 4 is 29.1 Å². The van der Waals surface area contributed by atoms with Crippen LogP contribution in [0, 0.1) is 5.92 Å². The van der Waals surface area contributed by atoms with Crippen molar-refractivity contribution in [2.24, 2.45) is 5.92 Å². The van der Waals surface area contributed by atoms with E-state index < -0.39 is 81.6 Å². The van der Waals surface area contributed by atoms with Gasteiger partial charge in [-0.15, -0.1) is 0 Å². The number of carbonyl (C=O) groups is 5. The molecule has 0 spiro atoms. The molecule has 39 heavy (non-hydrogen) atoms. The highest BCUT2D eigenvalue weighted by molar-refractivity contribution is 6.22. The van der Waals surface area contributed by atoms with Crippen LogP contribution in [-0.4, -0.2) is 34.7 Å². The van der Waals surface area contributed by atoms with Crippen LogP contribution in [0.5, 0.6) is 0 Å². The van der Waals surface area contributed by atoms with E-state index in [-0.39, 0.29) is 0 Å². The van der Waals surface area contributed by atoms with E-state index >= 15 is 0 Å². The second kappa shape index (κ2) is 12.8. The van der Waals surface area contributed by atoms with Crippen LogP contribution in [0.4, 0.5) is 26.3 Å². The molecule has 0 N–H and O–H groups in total. The fraction of sp³-hybridized carbons (Fsp3) is 0.370. The van der Waals surface area contributed by atoms with Gasteiger partial charge in [-0.05, 0) is 46.8 Å². The van der Waals surface area contributed by atoms with Crippen molar-refractivity contribution in [1.82, 2.24) is 0 Å². The van der Waals surface area contributed by atoms with Gasteiger partial charge < -0.3 is 4.74 Å². The number of rotatable bonds is 7. The van der Waals surface area contributed by atoms with E-state index in [9.17, 15) is 50.3 Å². The van der Waals surface area contributed by atoms with Gasteiger partial charge in [0.2, 0.25) is 0 Å². The van der Waals surface area contributed by atoms with Crippen LogP contribution in [0.1, 0.15) is 72.9 Å². The van der Waals surface area contributed by atoms with Crippen molar-refractivity contribution in [3.05, 3.63) is 70.8 Å². The summed E-state index contributed by atoms with van der Waals surface area (Å²) >= 11 is 0. The van der Waals surface area contributed by atoms with Gasteiger partial charge in [0, 0.05) is 11.1 Å². The number of carbonyl (C=O) groups excluding carboxylic acids is 5. The molecule has 0 aliphatic rings. The van der Waals surface area contributed by atoms with E-state index in [1.807, 2.05) is 0 Å². The monoisotopic (exact) mass is 560 g/mol. The van der Waals surface area contributed by atoms with E-state index in [1.54, 1.807) is 0 Å². The summed E-state index contributed by atoms with van der Waals surface area (Å²) in [5.74, 6) is -6.44. The van der Waals surface area contributed by atoms with Gasteiger partial charge >= 0.3 is 18.3 Å². The lowest BCUT2D eigenvalue weighted by Crippen LogP contribution is -2.37. The fourth-order valence-electron chi connectivity index (χ4n) is 3.21. The molecule has 0 radical (unpaired) electrons. The third-order valence-electron chi connectivity index (χ3n) is 4.75. The molecular formula is C27H26F6O6. The molecule has 6 nitrogen and oxygen atoms in total. The molecular weight excluding hydrogens is 534 g/mol. The number of ether oxygens (including phenoxy) is 1. The molecule has 0 heterocycles. The van der Waals surface area contributed by atoms with Crippen LogP contribution in [0.2, 0.25) is 0 Å². The number of esters is 1. The summed E-state index contributed by atoms with van der Waals surface area (Å²) in [4.78, 5) is 58.1. The van der Waals surface area contributed by atoms with E-state index in [2.05, 4.69) is 0 Å². The average Bonchev–Trinajstić information content (AvgIpc) is 2.76. The molecule has 2 rings (SSSR count). The van der Waals surface area contributed by atoms with Crippen LogP contribution in [0.25, 0.3) is 0 Å². The maximum Gasteiger partial charge on any atom is 0.417 e. The zero-order valence-electron chi connectivity index (χ0n) is 21.6. The summed E-state index contributed by atoms with van der Waals surface area (Å²) in [5.41, 5.74) is -4.36. The van der Waals surface area contributed by atoms with Crippen molar-refractivity contribution in [1.29, 1.82) is 0 Å². The third-order valence-corrected chi connectivity index (χ3v) is 4.75. The molecule has 0 fully saturated rings. The fourth-order valence-corrected chi connectivity index (χ4v) is 3.21. The second-order valence-electron chi connectivity index (χ2n) is 9.33. The predicted octanol–water partition coefficient (Wildman–Crippen LogP) is 6.30. The third kappa shape index (κ3) is 10.1. The van der Waals surface area contributed by atoms with Gasteiger partial charge in [-0.2, -0.15) is 26.3 Å². The second-order valence-corrected chi connectivity index (χ2v) is 9.33. The van der Waals surface area contributed by atoms with Crippen LogP contribution in [-0.2, 0) is 31.5 Å². The van der Waals surface area contributed by atoms with Crippen molar-refractivity contribution in [2.75, 3.05) is 0 Å². The Labute approximate surface area is 220 Å². The quantitative estimate of drug-likeness (QED) is 0.171. The Morgan fingerprint density at radius 1 is 0.718 bits per heavy atom. The number of hydrogen-bond donors (Lipinski definition) is 0. The highest BCUT2D eigenvalue weighted by atomic mass is 19.4. The standard InChI is InChI=1S/C16H17F3O4.C11H9F3O2/c1-9(20)12(14(22)23-15(2,3)4)13(21)10-7-5-6-8-11(10)16(17,18)19;1-7(15)6-10(16)8-4-2-3-5-9(8)11(12,13)14/h5-8,12H,1-4H3;2-5H,6H2,1H3. The van der Waals surface area contributed by atoms with E-state index in [4.69, 9.17) is 4.74 Å². The summed E-state index contributed by atoms with van der Waals surface area (Å²) in [5, 5.41) is 0. The summed E-state index contributed by atoms with van der Waals surface area (Å²) < 4.78 is 81.5. The van der Waals surface area contributed by atoms with Gasteiger partial charge in [0.15, 0.2) is 23.3 Å². The van der Waals surface area contributed by atoms with E-state index in [0.29, 0.717) is 0 Å². The minimum Gasteiger partial charge on any atom is -0.459 e. The molecule has 0 saturated carbocycles. The van der Waals surface area contributed by atoms with Gasteiger partial charge in [0.05, 0.1) is 17.5 Å². The number of ketones is 4. The molecule has 12 heteroatoms. The predicted molar refractivity (Wildman–Crippen MR) is 127 cm³/mol. The molecule has 0 bridgehead atoms. The van der Waals surface area contributed by atoms with Crippen LogP contribution < -0.4 is 0 Å². The molecule has 0 aromatic heterocycles. The van der Waals surface area contributed by atoms with Crippen LogP contribution >= 0.6 is 0 Å². The molecule has 1 unspecified atom stereocenters. The first kappa shape index (κ1) is 33.2. The Bertz CT molecular complexity index is 1240. The number of benzene rings is 2. The molecule has 212 valence electrons. The minimum absolute atomic E-state index is 0.454. The highest BCUT2D eigenvalue weighted by Gasteiger charge is 2.41. The molecule has 1 atom stereocenters. The SMILES string of the molecule is CC(=O)C(C(=O)OC(C)(C)C)C(=O)c1ccccc1C(F)(F)F.CC(=O)CC(=O)c1ccccc1C(F)(F)F. The summed E-state index contributed by atoms with van der Waals surface area (Å²) in [6.45, 7) is 6.69. The van der Waals surface area contributed by atoms with Gasteiger partial charge in [-0.25, -0.2) is 0 Å². The zero-order chi connectivity index (χ0) is 30.3. The van der Waals surface area contributed by atoms with Gasteiger partial charge in [0.25, 0.3) is 0 Å². The largest absolute Gasteiger partial charge is 0.459 e. The van der Waals surface area contributed by atoms with Crippen molar-refractivity contribution in [3.63, 3.8) is 0 Å². The Morgan fingerprint density at radius 2 is 1.13 bits per heavy atom. The lowest BCUT2D eigenvalue weighted by Gasteiger charge is -2.23. The van der Waals surface area contributed by atoms with Crippen LogP contribution in [0.15, 0.2) is 48.5 Å². The summed E-state index contributed by atoms with van der Waals surface area (Å²) in [6.07, 6.45) is -9.86. The lowest BCUT2D eigenvalue weighted by atomic mass is 9.91. The Kier molecular flexibility index (Phi) is 10.9. The number of hydrogen-bond acceptors (Lipinski definition) is 6. The number of halogens is 6. The van der Waals surface area contributed by atoms with Crippen molar-refractivity contribution < 1.29 is 55.1 Å². The smallest absolute Gasteiger partial charge is 0.417 e. The first-order valence-electron chi connectivity index (χ1n) is 11.3. The Balaban J connectivity index is 0.000000416. The van der Waals surface area contributed by atoms with Gasteiger partial charge in [-0.1, -0.05) is 36.4 Å². The topological polar surface area (TPSA) is 94.6 Å².